The van der Waals surface area contributed by atoms with Gasteiger partial charge in [0.05, 0.1) is 17.1 Å². The first kappa shape index (κ1) is 15.9. The van der Waals surface area contributed by atoms with Crippen LogP contribution in [0.5, 0.6) is 0 Å². The Morgan fingerprint density at radius 1 is 1.24 bits per heavy atom. The molecule has 116 valence electrons. The molecule has 0 bridgehead atoms. The van der Waals surface area contributed by atoms with Crippen LogP contribution in [0.3, 0.4) is 0 Å². The molecule has 0 saturated carbocycles. The van der Waals surface area contributed by atoms with Crippen molar-refractivity contribution in [1.82, 2.24) is 4.31 Å². The minimum Gasteiger partial charge on any atom is -0.478 e. The maximum Gasteiger partial charge on any atom is 0.335 e. The lowest BCUT2D eigenvalue weighted by Crippen LogP contribution is -2.43. The van der Waals surface area contributed by atoms with Crippen molar-refractivity contribution in [3.63, 3.8) is 0 Å². The van der Waals surface area contributed by atoms with Crippen LogP contribution in [-0.4, -0.2) is 56.8 Å². The highest BCUT2D eigenvalue weighted by Gasteiger charge is 2.33. The molecule has 2 rings (SSSR count). The number of aromatic carboxylic acids is 1. The number of carboxylic acid groups (broad SMARTS) is 1. The molecule has 0 unspecified atom stereocenters. The molecule has 0 aliphatic carbocycles. The number of carboxylic acids is 1. The Hall–Kier alpha value is -1.52. The molecule has 0 atom stereocenters. The summed E-state index contributed by atoms with van der Waals surface area (Å²) >= 11 is 0. The van der Waals surface area contributed by atoms with Crippen molar-refractivity contribution in [2.24, 2.45) is 0 Å². The van der Waals surface area contributed by atoms with Crippen LogP contribution in [-0.2, 0) is 19.9 Å². The first-order valence-corrected chi connectivity index (χ1v) is 9.13. The molecule has 0 spiro atoms. The Morgan fingerprint density at radius 2 is 1.81 bits per heavy atom. The number of halogens is 1. The van der Waals surface area contributed by atoms with Crippen LogP contribution in [0.2, 0.25) is 0 Å². The van der Waals surface area contributed by atoms with Gasteiger partial charge in [0.1, 0.15) is 10.7 Å². The predicted octanol–water partition coefficient (Wildman–Crippen LogP) is -0.0570. The van der Waals surface area contributed by atoms with Crippen molar-refractivity contribution in [3.05, 3.63) is 29.6 Å². The standard InChI is InChI=1S/C11H12FNO6S2/c12-9-2-1-8(11(14)15)7-10(9)21(18,19)13-3-5-20(16,17)6-4-13/h1-2,7H,3-6H2,(H,14,15). The van der Waals surface area contributed by atoms with Crippen LogP contribution in [0.25, 0.3) is 0 Å². The third-order valence-electron chi connectivity index (χ3n) is 3.10. The number of hydrogen-bond acceptors (Lipinski definition) is 5. The van der Waals surface area contributed by atoms with Gasteiger partial charge >= 0.3 is 5.97 Å². The fourth-order valence-electron chi connectivity index (χ4n) is 1.91. The number of hydrogen-bond donors (Lipinski definition) is 1. The van der Waals surface area contributed by atoms with Crippen molar-refractivity contribution < 1.29 is 31.1 Å². The smallest absolute Gasteiger partial charge is 0.335 e. The van der Waals surface area contributed by atoms with E-state index in [9.17, 15) is 26.0 Å². The second kappa shape index (κ2) is 5.35. The molecule has 1 aromatic carbocycles. The summed E-state index contributed by atoms with van der Waals surface area (Å²) in [5, 5.41) is 8.83. The van der Waals surface area contributed by atoms with E-state index in [0.717, 1.165) is 22.5 Å². The molecule has 1 N–H and O–H groups in total. The molecule has 1 fully saturated rings. The number of nitrogens with zero attached hydrogens (tertiary/aromatic N) is 1. The van der Waals surface area contributed by atoms with E-state index < -0.39 is 36.5 Å². The van der Waals surface area contributed by atoms with Gasteiger partial charge in [-0.1, -0.05) is 0 Å². The highest BCUT2D eigenvalue weighted by Crippen LogP contribution is 2.22. The molecule has 7 nitrogen and oxygen atoms in total. The molecule has 0 amide bonds. The topological polar surface area (TPSA) is 109 Å². The molecule has 1 heterocycles. The molecule has 0 aromatic heterocycles. The quantitative estimate of drug-likeness (QED) is 0.828. The van der Waals surface area contributed by atoms with Crippen LogP contribution in [0.4, 0.5) is 4.39 Å². The lowest BCUT2D eigenvalue weighted by Gasteiger charge is -2.26. The molecular weight excluding hydrogens is 325 g/mol. The largest absolute Gasteiger partial charge is 0.478 e. The minimum absolute atomic E-state index is 0.276. The number of rotatable bonds is 3. The van der Waals surface area contributed by atoms with E-state index >= 15 is 0 Å². The highest BCUT2D eigenvalue weighted by molar-refractivity contribution is 7.92. The summed E-state index contributed by atoms with van der Waals surface area (Å²) in [6.45, 7) is -0.553. The first-order valence-electron chi connectivity index (χ1n) is 5.87. The van der Waals surface area contributed by atoms with Crippen LogP contribution < -0.4 is 0 Å². The van der Waals surface area contributed by atoms with Gasteiger partial charge in [0.25, 0.3) is 0 Å². The lowest BCUT2D eigenvalue weighted by molar-refractivity contribution is 0.0696. The normalized spacial score (nSPS) is 19.3. The van der Waals surface area contributed by atoms with Gasteiger partial charge in [-0.15, -0.1) is 0 Å². The summed E-state index contributed by atoms with van der Waals surface area (Å²) in [4.78, 5) is 10.1. The summed E-state index contributed by atoms with van der Waals surface area (Å²) < 4.78 is 61.7. The Labute approximate surface area is 121 Å². The van der Waals surface area contributed by atoms with Gasteiger partial charge in [-0.05, 0) is 18.2 Å². The zero-order valence-electron chi connectivity index (χ0n) is 10.7. The van der Waals surface area contributed by atoms with E-state index in [-0.39, 0.29) is 30.2 Å². The minimum atomic E-state index is -4.27. The first-order chi connectivity index (χ1) is 9.63. The lowest BCUT2D eigenvalue weighted by atomic mass is 10.2. The maximum atomic E-state index is 13.7. The average molecular weight is 337 g/mol. The maximum absolute atomic E-state index is 13.7. The summed E-state index contributed by atoms with van der Waals surface area (Å²) in [5.74, 6) is -3.14. The van der Waals surface area contributed by atoms with Crippen molar-refractivity contribution in [3.8, 4) is 0 Å². The van der Waals surface area contributed by atoms with Crippen LogP contribution in [0.15, 0.2) is 23.1 Å². The predicted molar refractivity (Wildman–Crippen MR) is 70.8 cm³/mol. The van der Waals surface area contributed by atoms with Crippen molar-refractivity contribution >= 4 is 25.8 Å². The Bertz CT molecular complexity index is 773. The summed E-state index contributed by atoms with van der Waals surface area (Å²) in [6.07, 6.45) is 0. The zero-order chi connectivity index (χ0) is 15.8. The van der Waals surface area contributed by atoms with Gasteiger partial charge in [-0.2, -0.15) is 4.31 Å². The molecule has 1 aromatic rings. The van der Waals surface area contributed by atoms with E-state index in [0.29, 0.717) is 0 Å². The third-order valence-corrected chi connectivity index (χ3v) is 6.62. The van der Waals surface area contributed by atoms with Crippen molar-refractivity contribution in [2.75, 3.05) is 24.6 Å². The SMILES string of the molecule is O=C(O)c1ccc(F)c(S(=O)(=O)N2CCS(=O)(=O)CC2)c1. The van der Waals surface area contributed by atoms with Crippen molar-refractivity contribution in [2.45, 2.75) is 4.90 Å². The third kappa shape index (κ3) is 3.22. The Kier molecular flexibility index (Phi) is 4.04. The van der Waals surface area contributed by atoms with Gasteiger partial charge in [0.15, 0.2) is 9.84 Å². The van der Waals surface area contributed by atoms with E-state index in [2.05, 4.69) is 0 Å². The molecular formula is C11H12FNO6S2. The highest BCUT2D eigenvalue weighted by atomic mass is 32.2. The van der Waals surface area contributed by atoms with E-state index in [1.165, 1.54) is 0 Å². The van der Waals surface area contributed by atoms with Crippen LogP contribution in [0.1, 0.15) is 10.4 Å². The number of carbonyl (C=O) groups is 1. The number of sulfone groups is 1. The van der Waals surface area contributed by atoms with Gasteiger partial charge in [-0.3, -0.25) is 0 Å². The molecule has 10 heteroatoms. The van der Waals surface area contributed by atoms with Gasteiger partial charge in [0, 0.05) is 13.1 Å². The summed E-state index contributed by atoms with van der Waals surface area (Å²) in [7, 11) is -7.55. The molecule has 21 heavy (non-hydrogen) atoms. The fraction of sp³-hybridized carbons (Fsp3) is 0.364. The fourth-order valence-corrected chi connectivity index (χ4v) is 4.87. The van der Waals surface area contributed by atoms with Gasteiger partial charge in [0.2, 0.25) is 10.0 Å². The second-order valence-electron chi connectivity index (χ2n) is 4.51. The Balaban J connectivity index is 2.40. The summed E-state index contributed by atoms with van der Waals surface area (Å²) in [6, 6.07) is 2.45. The second-order valence-corrected chi connectivity index (χ2v) is 8.72. The monoisotopic (exact) mass is 337 g/mol. The molecule has 0 radical (unpaired) electrons. The van der Waals surface area contributed by atoms with Gasteiger partial charge < -0.3 is 5.11 Å². The number of sulfonamides is 1. The number of benzene rings is 1. The Morgan fingerprint density at radius 3 is 2.33 bits per heavy atom. The van der Waals surface area contributed by atoms with E-state index in [4.69, 9.17) is 5.11 Å². The van der Waals surface area contributed by atoms with Crippen molar-refractivity contribution in [1.29, 1.82) is 0 Å². The van der Waals surface area contributed by atoms with Gasteiger partial charge in [-0.25, -0.2) is 26.0 Å². The average Bonchev–Trinajstić information content (AvgIpc) is 2.38. The zero-order valence-corrected chi connectivity index (χ0v) is 12.3. The molecule has 1 saturated heterocycles. The summed E-state index contributed by atoms with van der Waals surface area (Å²) in [5.41, 5.74) is -0.361. The van der Waals surface area contributed by atoms with Crippen LogP contribution in [0, 0.1) is 5.82 Å². The van der Waals surface area contributed by atoms with E-state index in [1.54, 1.807) is 0 Å². The van der Waals surface area contributed by atoms with E-state index in [1.807, 2.05) is 0 Å². The van der Waals surface area contributed by atoms with Crippen LogP contribution >= 0.6 is 0 Å². The molecule has 1 aliphatic heterocycles. The molecule has 1 aliphatic rings.